The van der Waals surface area contributed by atoms with E-state index in [1.54, 1.807) is 13.1 Å². The second-order valence-corrected chi connectivity index (χ2v) is 5.69. The molecule has 0 bridgehead atoms. The van der Waals surface area contributed by atoms with Crippen LogP contribution in [-0.2, 0) is 9.47 Å². The molecule has 134 valence electrons. The zero-order valence-electron chi connectivity index (χ0n) is 13.4. The van der Waals surface area contributed by atoms with Gasteiger partial charge in [-0.3, -0.25) is 15.1 Å². The highest BCUT2D eigenvalue weighted by Gasteiger charge is 2.42. The van der Waals surface area contributed by atoms with E-state index >= 15 is 0 Å². The smallest absolute Gasteiger partial charge is 0.416 e. The molecule has 2 aliphatic rings. The summed E-state index contributed by atoms with van der Waals surface area (Å²) in [7, 11) is 1.66. The summed E-state index contributed by atoms with van der Waals surface area (Å²) in [6.07, 6.45) is -1.75. The van der Waals surface area contributed by atoms with Gasteiger partial charge >= 0.3 is 12.2 Å². The molecule has 8 nitrogen and oxygen atoms in total. The number of benzene rings is 1. The Morgan fingerprint density at radius 2 is 2.20 bits per heavy atom. The number of nitrogens with zero attached hydrogens (tertiary/aromatic N) is 2. The van der Waals surface area contributed by atoms with Gasteiger partial charge < -0.3 is 14.8 Å². The summed E-state index contributed by atoms with van der Waals surface area (Å²) < 4.78 is 24.6. The van der Waals surface area contributed by atoms with Crippen molar-refractivity contribution >= 4 is 41.3 Å². The number of nitrogens with one attached hydrogen (secondary N) is 2. The minimum absolute atomic E-state index is 0.109. The van der Waals surface area contributed by atoms with Crippen molar-refractivity contribution in [1.29, 1.82) is 0 Å². The van der Waals surface area contributed by atoms with Gasteiger partial charge in [0.25, 0.3) is 0 Å². The Bertz CT molecular complexity index is 704. The normalized spacial score (nSPS) is 22.8. The number of amides is 2. The summed E-state index contributed by atoms with van der Waals surface area (Å²) >= 11 is 4.75. The molecule has 1 aromatic rings. The van der Waals surface area contributed by atoms with Crippen LogP contribution in [0.4, 0.5) is 25.4 Å². The molecule has 2 amide bonds. The van der Waals surface area contributed by atoms with Crippen molar-refractivity contribution in [3.8, 4) is 0 Å². The van der Waals surface area contributed by atoms with Gasteiger partial charge in [-0.2, -0.15) is 0 Å². The van der Waals surface area contributed by atoms with E-state index in [9.17, 15) is 14.0 Å². The summed E-state index contributed by atoms with van der Waals surface area (Å²) in [4.78, 5) is 26.4. The monoisotopic (exact) mass is 368 g/mol. The van der Waals surface area contributed by atoms with Crippen LogP contribution >= 0.6 is 12.2 Å². The quantitative estimate of drug-likeness (QED) is 0.730. The maximum absolute atomic E-state index is 14.5. The molecule has 2 atom stereocenters. The predicted octanol–water partition coefficient (Wildman–Crippen LogP) is 1.20. The minimum Gasteiger partial charge on any atom is -0.447 e. The lowest BCUT2D eigenvalue weighted by Crippen LogP contribution is -2.48. The standard InChI is InChI=1S/C15H17FN4O4S/c1-17-13-12(7-18-8-25)20(15(22)24-13)9-2-3-11(10(16)6-9)19-4-5-23-14(19)21/h2-3,6,8,12-13,17H,4-5,7H2,1H3,(H,18,25)/t12?,13-/m0/s1. The summed E-state index contributed by atoms with van der Waals surface area (Å²) in [6.45, 7) is 0.833. The number of hydrogen-bond donors (Lipinski definition) is 2. The second-order valence-electron chi connectivity index (χ2n) is 5.46. The zero-order valence-corrected chi connectivity index (χ0v) is 14.2. The van der Waals surface area contributed by atoms with Crippen molar-refractivity contribution in [2.75, 3.05) is 36.5 Å². The van der Waals surface area contributed by atoms with Crippen LogP contribution in [0.1, 0.15) is 0 Å². The Morgan fingerprint density at radius 1 is 1.40 bits per heavy atom. The maximum atomic E-state index is 14.5. The SMILES string of the molecule is CN[C@H]1OC(=O)N(c2ccc(N3CCOC3=O)c(F)c2)C1CNC=S. The van der Waals surface area contributed by atoms with E-state index in [4.69, 9.17) is 21.7 Å². The number of ether oxygens (including phenoxy) is 2. The van der Waals surface area contributed by atoms with Gasteiger partial charge in [0, 0.05) is 6.54 Å². The molecule has 0 aromatic heterocycles. The van der Waals surface area contributed by atoms with E-state index < -0.39 is 30.3 Å². The van der Waals surface area contributed by atoms with Gasteiger partial charge in [-0.05, 0) is 25.2 Å². The van der Waals surface area contributed by atoms with Gasteiger partial charge in [0.05, 0.1) is 23.4 Å². The fourth-order valence-electron chi connectivity index (χ4n) is 2.91. The molecule has 2 saturated heterocycles. The number of carbonyl (C=O) groups is 2. The Labute approximate surface area is 148 Å². The first-order chi connectivity index (χ1) is 12.1. The number of cyclic esters (lactones) is 2. The molecule has 0 radical (unpaired) electrons. The first-order valence-electron chi connectivity index (χ1n) is 7.64. The lowest BCUT2D eigenvalue weighted by atomic mass is 10.2. The first kappa shape index (κ1) is 17.4. The average Bonchev–Trinajstić information content (AvgIpc) is 3.15. The number of rotatable bonds is 6. The van der Waals surface area contributed by atoms with Crippen LogP contribution < -0.4 is 20.4 Å². The van der Waals surface area contributed by atoms with E-state index in [-0.39, 0.29) is 18.8 Å². The van der Waals surface area contributed by atoms with E-state index in [2.05, 4.69) is 10.6 Å². The van der Waals surface area contributed by atoms with Crippen molar-refractivity contribution in [2.24, 2.45) is 0 Å². The molecule has 25 heavy (non-hydrogen) atoms. The lowest BCUT2D eigenvalue weighted by molar-refractivity contribution is 0.116. The summed E-state index contributed by atoms with van der Waals surface area (Å²) in [5.74, 6) is -0.626. The number of hydrogen-bond acceptors (Lipinski definition) is 6. The van der Waals surface area contributed by atoms with Crippen LogP contribution in [-0.4, -0.2) is 56.7 Å². The number of likely N-dealkylation sites (N-methyl/N-ethyl adjacent to an activating group) is 1. The molecule has 2 fully saturated rings. The van der Waals surface area contributed by atoms with Crippen LogP contribution in [0.2, 0.25) is 0 Å². The van der Waals surface area contributed by atoms with E-state index in [1.807, 2.05) is 0 Å². The molecule has 0 aliphatic carbocycles. The van der Waals surface area contributed by atoms with Gasteiger partial charge in [-0.15, -0.1) is 0 Å². The minimum atomic E-state index is -0.626. The molecule has 1 aromatic carbocycles. The largest absolute Gasteiger partial charge is 0.447 e. The van der Waals surface area contributed by atoms with Crippen molar-refractivity contribution in [3.63, 3.8) is 0 Å². The average molecular weight is 368 g/mol. The van der Waals surface area contributed by atoms with Crippen molar-refractivity contribution in [2.45, 2.75) is 12.3 Å². The number of carbonyl (C=O) groups excluding carboxylic acids is 2. The van der Waals surface area contributed by atoms with Crippen LogP contribution in [0, 0.1) is 5.82 Å². The second kappa shape index (κ2) is 7.19. The fourth-order valence-corrected chi connectivity index (χ4v) is 3.00. The zero-order chi connectivity index (χ0) is 18.0. The van der Waals surface area contributed by atoms with Gasteiger partial charge in [-0.1, -0.05) is 12.2 Å². The Balaban J connectivity index is 1.89. The van der Waals surface area contributed by atoms with E-state index in [0.29, 0.717) is 12.2 Å². The molecule has 3 rings (SSSR count). The van der Waals surface area contributed by atoms with Crippen molar-refractivity contribution in [1.82, 2.24) is 10.6 Å². The van der Waals surface area contributed by atoms with Gasteiger partial charge in [-0.25, -0.2) is 14.0 Å². The Hall–Kier alpha value is -2.46. The van der Waals surface area contributed by atoms with Crippen LogP contribution in [0.3, 0.4) is 0 Å². The van der Waals surface area contributed by atoms with Gasteiger partial charge in [0.15, 0.2) is 6.23 Å². The Morgan fingerprint density at radius 3 is 2.80 bits per heavy atom. The summed E-state index contributed by atoms with van der Waals surface area (Å²) in [5, 5.41) is 5.76. The molecule has 0 spiro atoms. The van der Waals surface area contributed by atoms with Crippen molar-refractivity contribution in [3.05, 3.63) is 24.0 Å². The maximum Gasteiger partial charge on any atom is 0.416 e. The van der Waals surface area contributed by atoms with Crippen LogP contribution in [0.25, 0.3) is 0 Å². The van der Waals surface area contributed by atoms with Crippen LogP contribution in [0.5, 0.6) is 0 Å². The molecule has 10 heteroatoms. The van der Waals surface area contributed by atoms with Gasteiger partial charge in [0.2, 0.25) is 0 Å². The highest BCUT2D eigenvalue weighted by atomic mass is 32.1. The van der Waals surface area contributed by atoms with Crippen LogP contribution in [0.15, 0.2) is 18.2 Å². The molecule has 1 unspecified atom stereocenters. The topological polar surface area (TPSA) is 83.1 Å². The fraction of sp³-hybridized carbons (Fsp3) is 0.400. The summed E-state index contributed by atoms with van der Waals surface area (Å²) in [6, 6.07) is 3.79. The third-order valence-corrected chi connectivity index (χ3v) is 4.23. The molecule has 2 aliphatic heterocycles. The number of halogens is 1. The number of thiocarbonyl (C=S) groups is 1. The molecule has 2 heterocycles. The highest BCUT2D eigenvalue weighted by molar-refractivity contribution is 7.78. The number of anilines is 2. The Kier molecular flexibility index (Phi) is 5.00. The van der Waals surface area contributed by atoms with Gasteiger partial charge in [0.1, 0.15) is 18.5 Å². The molecule has 0 saturated carbocycles. The molecule has 2 N–H and O–H groups in total. The summed E-state index contributed by atoms with van der Waals surface area (Å²) in [5.41, 5.74) is 1.78. The lowest BCUT2D eigenvalue weighted by Gasteiger charge is -2.25. The van der Waals surface area contributed by atoms with Crippen molar-refractivity contribution < 1.29 is 23.5 Å². The predicted molar refractivity (Wildman–Crippen MR) is 92.3 cm³/mol. The molecular formula is C15H17FN4O4S. The first-order valence-corrected chi connectivity index (χ1v) is 8.12. The third-order valence-electron chi connectivity index (χ3n) is 4.06. The van der Waals surface area contributed by atoms with E-state index in [0.717, 1.165) is 0 Å². The molecular weight excluding hydrogens is 351 g/mol. The third kappa shape index (κ3) is 3.22. The van der Waals surface area contributed by atoms with E-state index in [1.165, 1.54) is 27.4 Å². The highest BCUT2D eigenvalue weighted by Crippen LogP contribution is 2.31.